The Morgan fingerprint density at radius 2 is 2.08 bits per heavy atom. The van der Waals surface area contributed by atoms with Gasteiger partial charge in [-0.3, -0.25) is 9.59 Å². The first-order chi connectivity index (χ1) is 12.1. The zero-order chi connectivity index (χ0) is 17.4. The van der Waals surface area contributed by atoms with E-state index in [9.17, 15) is 9.59 Å². The van der Waals surface area contributed by atoms with Crippen LogP contribution in [-0.2, 0) is 16.0 Å². The topological polar surface area (TPSA) is 49.9 Å². The van der Waals surface area contributed by atoms with Gasteiger partial charge in [0.1, 0.15) is 5.78 Å². The summed E-state index contributed by atoms with van der Waals surface area (Å²) >= 11 is 0. The van der Waals surface area contributed by atoms with Crippen LogP contribution in [0.25, 0.3) is 0 Å². The number of rotatable bonds is 2. The Balaban J connectivity index is 1.59. The molecule has 5 nitrogen and oxygen atoms in total. The van der Waals surface area contributed by atoms with Gasteiger partial charge in [0.05, 0.1) is 19.3 Å². The maximum Gasteiger partial charge on any atom is 0.254 e. The van der Waals surface area contributed by atoms with Gasteiger partial charge in [0.25, 0.3) is 5.91 Å². The summed E-state index contributed by atoms with van der Waals surface area (Å²) in [5.41, 5.74) is 3.19. The number of amides is 1. The number of hydrogen-bond donors (Lipinski definition) is 0. The SMILES string of the molecule is CN1CCc2ccc(C(=O)N3CCOC[C@H]3[C@@H]3CCCCC3=O)cc21. The standard InChI is InChI=1S/C20H26N2O3/c1-21-9-8-14-6-7-15(12-17(14)21)20(24)22-10-11-25-13-18(22)16-4-2-3-5-19(16)23/h6-7,12,16,18H,2-5,8-11,13H2,1H3/t16-,18-/m0/s1. The Morgan fingerprint density at radius 1 is 1.20 bits per heavy atom. The molecule has 5 heteroatoms. The van der Waals surface area contributed by atoms with Gasteiger partial charge in [-0.15, -0.1) is 0 Å². The molecule has 1 aromatic rings. The van der Waals surface area contributed by atoms with Gasteiger partial charge < -0.3 is 14.5 Å². The number of benzene rings is 1. The molecule has 1 aliphatic carbocycles. The van der Waals surface area contributed by atoms with Crippen LogP contribution in [0.1, 0.15) is 41.6 Å². The minimum Gasteiger partial charge on any atom is -0.377 e. The lowest BCUT2D eigenvalue weighted by Gasteiger charge is -2.41. The van der Waals surface area contributed by atoms with Crippen LogP contribution in [0.2, 0.25) is 0 Å². The average molecular weight is 342 g/mol. The number of fused-ring (bicyclic) bond motifs is 1. The smallest absolute Gasteiger partial charge is 0.254 e. The Labute approximate surface area is 148 Å². The van der Waals surface area contributed by atoms with Crippen molar-refractivity contribution in [2.45, 2.75) is 38.1 Å². The highest BCUT2D eigenvalue weighted by molar-refractivity contribution is 5.96. The number of anilines is 1. The number of likely N-dealkylation sites (N-methyl/N-ethyl adjacent to an activating group) is 1. The largest absolute Gasteiger partial charge is 0.377 e. The van der Waals surface area contributed by atoms with Crippen molar-refractivity contribution in [1.82, 2.24) is 4.90 Å². The predicted molar refractivity (Wildman–Crippen MR) is 96.0 cm³/mol. The van der Waals surface area contributed by atoms with Gasteiger partial charge in [-0.25, -0.2) is 0 Å². The molecule has 0 N–H and O–H groups in total. The van der Waals surface area contributed by atoms with Gasteiger partial charge in [-0.2, -0.15) is 0 Å². The van der Waals surface area contributed by atoms with Crippen molar-refractivity contribution in [2.75, 3.05) is 38.3 Å². The van der Waals surface area contributed by atoms with Gasteiger partial charge in [0.2, 0.25) is 0 Å². The number of carbonyl (C=O) groups is 2. The molecule has 1 aromatic carbocycles. The number of carbonyl (C=O) groups excluding carboxylic acids is 2. The average Bonchev–Trinajstić information content (AvgIpc) is 3.02. The molecule has 4 rings (SSSR count). The second kappa shape index (κ2) is 6.79. The molecule has 0 unspecified atom stereocenters. The highest BCUT2D eigenvalue weighted by Crippen LogP contribution is 2.31. The van der Waals surface area contributed by atoms with E-state index in [1.165, 1.54) is 5.56 Å². The molecule has 1 amide bonds. The molecule has 2 atom stereocenters. The van der Waals surface area contributed by atoms with Crippen LogP contribution in [0.5, 0.6) is 0 Å². The maximum absolute atomic E-state index is 13.2. The van der Waals surface area contributed by atoms with Gasteiger partial charge >= 0.3 is 0 Å². The summed E-state index contributed by atoms with van der Waals surface area (Å²) in [5, 5.41) is 0. The van der Waals surface area contributed by atoms with E-state index in [1.807, 2.05) is 17.0 Å². The van der Waals surface area contributed by atoms with E-state index in [2.05, 4.69) is 18.0 Å². The van der Waals surface area contributed by atoms with Crippen LogP contribution in [0.4, 0.5) is 5.69 Å². The third-order valence-electron chi connectivity index (χ3n) is 5.95. The lowest BCUT2D eigenvalue weighted by molar-refractivity contribution is -0.129. The number of hydrogen-bond acceptors (Lipinski definition) is 4. The highest BCUT2D eigenvalue weighted by atomic mass is 16.5. The highest BCUT2D eigenvalue weighted by Gasteiger charge is 2.38. The molecule has 3 aliphatic rings. The predicted octanol–water partition coefficient (Wildman–Crippen LogP) is 2.28. The van der Waals surface area contributed by atoms with Crippen molar-refractivity contribution in [1.29, 1.82) is 0 Å². The molecule has 0 bridgehead atoms. The van der Waals surface area contributed by atoms with Crippen molar-refractivity contribution in [3.05, 3.63) is 29.3 Å². The first-order valence-corrected chi connectivity index (χ1v) is 9.40. The quantitative estimate of drug-likeness (QED) is 0.827. The molecule has 2 fully saturated rings. The summed E-state index contributed by atoms with van der Waals surface area (Å²) in [6.07, 6.45) is 4.61. The third-order valence-corrected chi connectivity index (χ3v) is 5.95. The number of ether oxygens (including phenoxy) is 1. The van der Waals surface area contributed by atoms with Crippen molar-refractivity contribution in [3.8, 4) is 0 Å². The molecule has 25 heavy (non-hydrogen) atoms. The van der Waals surface area contributed by atoms with Crippen molar-refractivity contribution in [3.63, 3.8) is 0 Å². The van der Waals surface area contributed by atoms with E-state index in [0.29, 0.717) is 32.0 Å². The summed E-state index contributed by atoms with van der Waals surface area (Å²) in [6, 6.07) is 5.92. The van der Waals surface area contributed by atoms with E-state index in [0.717, 1.165) is 43.5 Å². The normalized spacial score (nSPS) is 26.7. The second-order valence-corrected chi connectivity index (χ2v) is 7.47. The van der Waals surface area contributed by atoms with Crippen LogP contribution in [0.3, 0.4) is 0 Å². The summed E-state index contributed by atoms with van der Waals surface area (Å²) < 4.78 is 5.64. The van der Waals surface area contributed by atoms with Gasteiger partial charge in [0.15, 0.2) is 0 Å². The minimum atomic E-state index is -0.111. The van der Waals surface area contributed by atoms with Crippen LogP contribution >= 0.6 is 0 Å². The van der Waals surface area contributed by atoms with Crippen LogP contribution in [0, 0.1) is 5.92 Å². The van der Waals surface area contributed by atoms with E-state index in [-0.39, 0.29) is 17.9 Å². The summed E-state index contributed by atoms with van der Waals surface area (Å²) in [4.78, 5) is 29.7. The van der Waals surface area contributed by atoms with Crippen LogP contribution in [-0.4, -0.2) is 56.0 Å². The fraction of sp³-hybridized carbons (Fsp3) is 0.600. The molecular formula is C20H26N2O3. The molecule has 1 saturated heterocycles. The maximum atomic E-state index is 13.2. The van der Waals surface area contributed by atoms with E-state index < -0.39 is 0 Å². The fourth-order valence-corrected chi connectivity index (χ4v) is 4.46. The molecular weight excluding hydrogens is 316 g/mol. The van der Waals surface area contributed by atoms with Gasteiger partial charge in [-0.05, 0) is 37.0 Å². The number of morpholine rings is 1. The molecule has 2 aliphatic heterocycles. The summed E-state index contributed by atoms with van der Waals surface area (Å²) in [7, 11) is 2.07. The molecule has 134 valence electrons. The van der Waals surface area contributed by atoms with Crippen LogP contribution < -0.4 is 4.90 Å². The summed E-state index contributed by atoms with van der Waals surface area (Å²) in [5.74, 6) is 0.276. The zero-order valence-corrected chi connectivity index (χ0v) is 14.9. The zero-order valence-electron chi connectivity index (χ0n) is 14.9. The Morgan fingerprint density at radius 3 is 2.92 bits per heavy atom. The monoisotopic (exact) mass is 342 g/mol. The molecule has 0 spiro atoms. The molecule has 0 radical (unpaired) electrons. The Kier molecular flexibility index (Phi) is 4.50. The van der Waals surface area contributed by atoms with Crippen LogP contribution in [0.15, 0.2) is 18.2 Å². The van der Waals surface area contributed by atoms with E-state index >= 15 is 0 Å². The molecule has 1 saturated carbocycles. The Bertz CT molecular complexity index is 688. The second-order valence-electron chi connectivity index (χ2n) is 7.47. The van der Waals surface area contributed by atoms with E-state index in [1.54, 1.807) is 0 Å². The first kappa shape index (κ1) is 16.6. The first-order valence-electron chi connectivity index (χ1n) is 9.40. The lowest BCUT2D eigenvalue weighted by Crippen LogP contribution is -2.54. The number of nitrogens with zero attached hydrogens (tertiary/aromatic N) is 2. The van der Waals surface area contributed by atoms with Crippen molar-refractivity contribution < 1.29 is 14.3 Å². The van der Waals surface area contributed by atoms with E-state index in [4.69, 9.17) is 4.74 Å². The summed E-state index contributed by atoms with van der Waals surface area (Å²) in [6.45, 7) is 2.60. The lowest BCUT2D eigenvalue weighted by atomic mass is 9.82. The van der Waals surface area contributed by atoms with Gasteiger partial charge in [-0.1, -0.05) is 12.5 Å². The van der Waals surface area contributed by atoms with Crippen molar-refractivity contribution in [2.24, 2.45) is 5.92 Å². The molecule has 2 heterocycles. The van der Waals surface area contributed by atoms with Gasteiger partial charge in [0, 0.05) is 43.7 Å². The number of Topliss-reactive ketones (excluding diaryl/α,β-unsaturated/α-hetero) is 1. The molecule has 0 aromatic heterocycles. The fourth-order valence-electron chi connectivity index (χ4n) is 4.46. The minimum absolute atomic E-state index is 0.0368. The number of ketones is 1. The Hall–Kier alpha value is -1.88. The third kappa shape index (κ3) is 3.06. The van der Waals surface area contributed by atoms with Crippen molar-refractivity contribution >= 4 is 17.4 Å².